The Morgan fingerprint density at radius 1 is 1.06 bits per heavy atom. The molecule has 5 heteroatoms. The van der Waals surface area contributed by atoms with Crippen molar-refractivity contribution in [3.8, 4) is 5.75 Å². The highest BCUT2D eigenvalue weighted by Crippen LogP contribution is 2.25. The van der Waals surface area contributed by atoms with Gasteiger partial charge in [0.1, 0.15) is 18.4 Å². The van der Waals surface area contributed by atoms with Crippen LogP contribution in [0, 0.1) is 0 Å². The van der Waals surface area contributed by atoms with Gasteiger partial charge in [-0.25, -0.2) is 4.68 Å². The monoisotopic (exact) mass is 238 g/mol. The summed E-state index contributed by atoms with van der Waals surface area (Å²) in [5.41, 5.74) is 0.682. The second-order valence-electron chi connectivity index (χ2n) is 3.81. The molecule has 0 saturated heterocycles. The lowest BCUT2D eigenvalue weighted by Crippen LogP contribution is -1.90. The second-order valence-corrected chi connectivity index (χ2v) is 3.81. The summed E-state index contributed by atoms with van der Waals surface area (Å²) in [6.07, 6.45) is 4.57. The molecule has 2 aromatic carbocycles. The van der Waals surface area contributed by atoms with Crippen molar-refractivity contribution in [3.63, 3.8) is 0 Å². The van der Waals surface area contributed by atoms with E-state index in [0.717, 1.165) is 10.8 Å². The molecule has 0 amide bonds. The van der Waals surface area contributed by atoms with Gasteiger partial charge in [0.15, 0.2) is 0 Å². The molecule has 0 aliphatic carbocycles. The van der Waals surface area contributed by atoms with Gasteiger partial charge in [-0.15, -0.1) is 10.2 Å². The molecule has 5 nitrogen and oxygen atoms in total. The van der Waals surface area contributed by atoms with Gasteiger partial charge in [0.2, 0.25) is 0 Å². The first-order chi connectivity index (χ1) is 8.84. The summed E-state index contributed by atoms with van der Waals surface area (Å²) in [6.45, 7) is 0. The molecule has 0 aliphatic rings. The van der Waals surface area contributed by atoms with Crippen molar-refractivity contribution in [3.05, 3.63) is 54.6 Å². The maximum atomic E-state index is 9.91. The molecule has 0 fully saturated rings. The van der Waals surface area contributed by atoms with Crippen LogP contribution in [-0.2, 0) is 0 Å². The molecule has 0 spiro atoms. The van der Waals surface area contributed by atoms with Crippen molar-refractivity contribution < 1.29 is 5.11 Å². The van der Waals surface area contributed by atoms with Crippen molar-refractivity contribution in [2.75, 3.05) is 0 Å². The third-order valence-corrected chi connectivity index (χ3v) is 2.67. The van der Waals surface area contributed by atoms with Crippen LogP contribution in [0.3, 0.4) is 0 Å². The summed E-state index contributed by atoms with van der Waals surface area (Å²) in [6, 6.07) is 11.4. The summed E-state index contributed by atoms with van der Waals surface area (Å²) < 4.78 is 1.47. The molecule has 0 atom stereocenters. The molecule has 88 valence electrons. The van der Waals surface area contributed by atoms with Crippen LogP contribution in [0.25, 0.3) is 10.8 Å². The minimum absolute atomic E-state index is 0.200. The van der Waals surface area contributed by atoms with E-state index in [1.165, 1.54) is 17.3 Å². The molecule has 1 aromatic heterocycles. The molecule has 0 radical (unpaired) electrons. The average Bonchev–Trinajstić information content (AvgIpc) is 2.91. The first kappa shape index (κ1) is 10.5. The zero-order valence-electron chi connectivity index (χ0n) is 9.43. The molecule has 3 rings (SSSR count). The predicted molar refractivity (Wildman–Crippen MR) is 68.6 cm³/mol. The lowest BCUT2D eigenvalue weighted by Gasteiger charge is -2.04. The number of hydrogen-bond acceptors (Lipinski definition) is 4. The van der Waals surface area contributed by atoms with Crippen molar-refractivity contribution in [1.29, 1.82) is 0 Å². The number of nitrogens with zero attached hydrogens (tertiary/aromatic N) is 4. The van der Waals surface area contributed by atoms with Gasteiger partial charge in [0.25, 0.3) is 0 Å². The van der Waals surface area contributed by atoms with Crippen molar-refractivity contribution in [2.24, 2.45) is 5.10 Å². The number of fused-ring (bicyclic) bond motifs is 1. The van der Waals surface area contributed by atoms with E-state index >= 15 is 0 Å². The summed E-state index contributed by atoms with van der Waals surface area (Å²) in [5, 5.41) is 23.4. The van der Waals surface area contributed by atoms with Gasteiger partial charge in [0, 0.05) is 5.56 Å². The Balaban J connectivity index is 2.13. The van der Waals surface area contributed by atoms with Crippen LogP contribution >= 0.6 is 0 Å². The van der Waals surface area contributed by atoms with Gasteiger partial charge < -0.3 is 5.11 Å². The predicted octanol–water partition coefficient (Wildman–Crippen LogP) is 2.02. The molecular formula is C13H10N4O. The zero-order valence-corrected chi connectivity index (χ0v) is 9.43. The lowest BCUT2D eigenvalue weighted by molar-refractivity contribution is 0.475. The summed E-state index contributed by atoms with van der Waals surface area (Å²) in [7, 11) is 0. The van der Waals surface area contributed by atoms with Gasteiger partial charge in [-0.3, -0.25) is 0 Å². The largest absolute Gasteiger partial charge is 0.507 e. The molecule has 0 bridgehead atoms. The number of phenols is 1. The highest BCUT2D eigenvalue weighted by atomic mass is 16.3. The molecule has 1 heterocycles. The topological polar surface area (TPSA) is 63.3 Å². The molecule has 18 heavy (non-hydrogen) atoms. The Morgan fingerprint density at radius 2 is 1.83 bits per heavy atom. The van der Waals surface area contributed by atoms with E-state index in [1.54, 1.807) is 12.3 Å². The van der Waals surface area contributed by atoms with E-state index in [-0.39, 0.29) is 5.75 Å². The Bertz CT molecular complexity index is 704. The molecule has 1 N–H and O–H groups in total. The van der Waals surface area contributed by atoms with Crippen molar-refractivity contribution >= 4 is 17.0 Å². The van der Waals surface area contributed by atoms with Gasteiger partial charge >= 0.3 is 0 Å². The molecular weight excluding hydrogens is 228 g/mol. The maximum Gasteiger partial charge on any atom is 0.141 e. The maximum absolute atomic E-state index is 9.91. The van der Waals surface area contributed by atoms with Crippen molar-refractivity contribution in [1.82, 2.24) is 14.9 Å². The van der Waals surface area contributed by atoms with Crippen molar-refractivity contribution in [2.45, 2.75) is 0 Å². The minimum Gasteiger partial charge on any atom is -0.507 e. The molecule has 0 unspecified atom stereocenters. The van der Waals surface area contributed by atoms with Crippen LogP contribution < -0.4 is 0 Å². The van der Waals surface area contributed by atoms with Gasteiger partial charge in [0.05, 0.1) is 6.21 Å². The highest BCUT2D eigenvalue weighted by Gasteiger charge is 2.03. The van der Waals surface area contributed by atoms with Gasteiger partial charge in [-0.2, -0.15) is 5.10 Å². The minimum atomic E-state index is 0.200. The Kier molecular flexibility index (Phi) is 2.49. The Hall–Kier alpha value is -2.69. The number of aromatic nitrogens is 3. The van der Waals surface area contributed by atoms with E-state index in [4.69, 9.17) is 0 Å². The Labute approximate surface area is 103 Å². The number of hydrogen-bond donors (Lipinski definition) is 1. The van der Waals surface area contributed by atoms with E-state index in [9.17, 15) is 5.11 Å². The van der Waals surface area contributed by atoms with Crippen LogP contribution in [0.1, 0.15) is 5.56 Å². The van der Waals surface area contributed by atoms with Crippen LogP contribution in [0.2, 0.25) is 0 Å². The quantitative estimate of drug-likeness (QED) is 0.695. The zero-order chi connectivity index (χ0) is 12.4. The summed E-state index contributed by atoms with van der Waals surface area (Å²) >= 11 is 0. The third-order valence-electron chi connectivity index (χ3n) is 2.67. The number of rotatable bonds is 2. The first-order valence-electron chi connectivity index (χ1n) is 5.44. The van der Waals surface area contributed by atoms with E-state index in [0.29, 0.717) is 5.56 Å². The van der Waals surface area contributed by atoms with Gasteiger partial charge in [-0.05, 0) is 16.8 Å². The number of phenolic OH excluding ortho intramolecular Hbond substituents is 1. The smallest absolute Gasteiger partial charge is 0.141 e. The number of benzene rings is 2. The van der Waals surface area contributed by atoms with Gasteiger partial charge in [-0.1, -0.05) is 30.3 Å². The SMILES string of the molecule is Oc1ccc2ccccc2c1/C=N\n1cnnc1. The highest BCUT2D eigenvalue weighted by molar-refractivity contribution is 6.02. The van der Waals surface area contributed by atoms with Crippen LogP contribution in [0.4, 0.5) is 0 Å². The Morgan fingerprint density at radius 3 is 2.67 bits per heavy atom. The standard InChI is InChI=1S/C13H10N4O/c18-13-6-5-10-3-1-2-4-11(10)12(13)7-16-17-8-14-15-9-17/h1-9,18H/b16-7-. The van der Waals surface area contributed by atoms with E-state index in [2.05, 4.69) is 15.3 Å². The fourth-order valence-corrected chi connectivity index (χ4v) is 1.80. The fourth-order valence-electron chi connectivity index (χ4n) is 1.80. The van der Waals surface area contributed by atoms with E-state index < -0.39 is 0 Å². The summed E-state index contributed by atoms with van der Waals surface area (Å²) in [5.74, 6) is 0.200. The molecule has 0 aliphatic heterocycles. The molecule has 0 saturated carbocycles. The average molecular weight is 238 g/mol. The van der Waals surface area contributed by atoms with Crippen LogP contribution in [0.15, 0.2) is 54.2 Å². The second kappa shape index (κ2) is 4.29. The number of aromatic hydroxyl groups is 1. The molecule has 3 aromatic rings. The van der Waals surface area contributed by atoms with E-state index in [1.807, 2.05) is 30.3 Å². The lowest BCUT2D eigenvalue weighted by atomic mass is 10.0. The van der Waals surface area contributed by atoms with Crippen LogP contribution in [-0.4, -0.2) is 26.2 Å². The third kappa shape index (κ3) is 1.82. The summed E-state index contributed by atoms with van der Waals surface area (Å²) in [4.78, 5) is 0. The first-order valence-corrected chi connectivity index (χ1v) is 5.44. The van der Waals surface area contributed by atoms with Crippen LogP contribution in [0.5, 0.6) is 5.75 Å². The fraction of sp³-hybridized carbons (Fsp3) is 0. The normalized spacial score (nSPS) is 11.3.